The number of para-hydroxylation sites is 1. The molecule has 1 aromatic heterocycles. The second kappa shape index (κ2) is 7.56. The third kappa shape index (κ3) is 4.17. The number of hydrogen-bond acceptors (Lipinski definition) is 3. The van der Waals surface area contributed by atoms with Crippen molar-refractivity contribution in [2.75, 3.05) is 13.2 Å². The quantitative estimate of drug-likeness (QED) is 0.658. The van der Waals surface area contributed by atoms with Gasteiger partial charge in [-0.1, -0.05) is 18.2 Å². The molecule has 0 aliphatic rings. The number of nitrogens with one attached hydrogen (secondary N) is 2. The number of nitrogens with zero attached hydrogens (tertiary/aromatic N) is 1. The number of benzene rings is 2. The van der Waals surface area contributed by atoms with Gasteiger partial charge in [0.15, 0.2) is 0 Å². The highest BCUT2D eigenvalue weighted by Crippen LogP contribution is 2.21. The van der Waals surface area contributed by atoms with Crippen molar-refractivity contribution in [1.82, 2.24) is 15.5 Å². The van der Waals surface area contributed by atoms with Gasteiger partial charge in [0.05, 0.1) is 11.9 Å². The van der Waals surface area contributed by atoms with Gasteiger partial charge in [-0.3, -0.25) is 5.10 Å². The van der Waals surface area contributed by atoms with Crippen LogP contribution in [0, 0.1) is 5.82 Å². The molecule has 2 aromatic carbocycles. The van der Waals surface area contributed by atoms with Crippen molar-refractivity contribution < 1.29 is 9.13 Å². The molecule has 0 saturated carbocycles. The average molecular weight is 311 g/mol. The average Bonchev–Trinajstić information content (AvgIpc) is 3.05. The smallest absolute Gasteiger partial charge is 0.123 e. The van der Waals surface area contributed by atoms with Crippen molar-refractivity contribution in [2.45, 2.75) is 6.54 Å². The van der Waals surface area contributed by atoms with Gasteiger partial charge in [0.1, 0.15) is 18.2 Å². The fourth-order valence-electron chi connectivity index (χ4n) is 2.29. The van der Waals surface area contributed by atoms with Gasteiger partial charge in [0.25, 0.3) is 0 Å². The predicted molar refractivity (Wildman–Crippen MR) is 87.6 cm³/mol. The Bertz CT molecular complexity index is 726. The van der Waals surface area contributed by atoms with Crippen LogP contribution in [0.25, 0.3) is 11.3 Å². The summed E-state index contributed by atoms with van der Waals surface area (Å²) in [6, 6.07) is 16.1. The fraction of sp³-hybridized carbons (Fsp3) is 0.167. The SMILES string of the molecule is Fc1ccc(-c2[nH]ncc2CNCCOc2ccccc2)cc1. The Balaban J connectivity index is 1.49. The minimum Gasteiger partial charge on any atom is -0.492 e. The van der Waals surface area contributed by atoms with Crippen LogP contribution >= 0.6 is 0 Å². The Labute approximate surface area is 134 Å². The minimum atomic E-state index is -0.244. The van der Waals surface area contributed by atoms with Crippen LogP contribution in [0.3, 0.4) is 0 Å². The molecule has 0 aliphatic carbocycles. The summed E-state index contributed by atoms with van der Waals surface area (Å²) in [4.78, 5) is 0. The molecule has 118 valence electrons. The van der Waals surface area contributed by atoms with E-state index in [0.717, 1.165) is 29.1 Å². The van der Waals surface area contributed by atoms with E-state index in [0.29, 0.717) is 13.2 Å². The first-order valence-electron chi connectivity index (χ1n) is 7.49. The van der Waals surface area contributed by atoms with Crippen LogP contribution in [0.1, 0.15) is 5.56 Å². The molecule has 23 heavy (non-hydrogen) atoms. The second-order valence-electron chi connectivity index (χ2n) is 5.12. The summed E-state index contributed by atoms with van der Waals surface area (Å²) in [7, 11) is 0. The summed E-state index contributed by atoms with van der Waals surface area (Å²) in [5, 5.41) is 10.4. The molecule has 0 aliphatic heterocycles. The van der Waals surface area contributed by atoms with Crippen LogP contribution in [-0.2, 0) is 6.54 Å². The lowest BCUT2D eigenvalue weighted by Gasteiger charge is -2.08. The highest BCUT2D eigenvalue weighted by atomic mass is 19.1. The molecule has 0 radical (unpaired) electrons. The number of hydrogen-bond donors (Lipinski definition) is 2. The molecule has 0 amide bonds. The van der Waals surface area contributed by atoms with E-state index in [1.54, 1.807) is 18.3 Å². The first-order valence-corrected chi connectivity index (χ1v) is 7.49. The fourth-order valence-corrected chi connectivity index (χ4v) is 2.29. The van der Waals surface area contributed by atoms with Crippen molar-refractivity contribution >= 4 is 0 Å². The molecule has 0 unspecified atom stereocenters. The topological polar surface area (TPSA) is 49.9 Å². The lowest BCUT2D eigenvalue weighted by atomic mass is 10.1. The highest BCUT2D eigenvalue weighted by molar-refractivity contribution is 5.62. The van der Waals surface area contributed by atoms with Crippen molar-refractivity contribution in [2.24, 2.45) is 0 Å². The molecule has 0 atom stereocenters. The van der Waals surface area contributed by atoms with Gasteiger partial charge in [0, 0.05) is 24.2 Å². The maximum atomic E-state index is 13.0. The highest BCUT2D eigenvalue weighted by Gasteiger charge is 2.07. The first-order chi connectivity index (χ1) is 11.3. The second-order valence-corrected chi connectivity index (χ2v) is 5.12. The molecule has 0 spiro atoms. The van der Waals surface area contributed by atoms with E-state index in [1.165, 1.54) is 12.1 Å². The molecule has 1 heterocycles. The van der Waals surface area contributed by atoms with Crippen LogP contribution in [0.4, 0.5) is 4.39 Å². The zero-order valence-corrected chi connectivity index (χ0v) is 12.6. The van der Waals surface area contributed by atoms with Crippen molar-refractivity contribution in [1.29, 1.82) is 0 Å². The molecule has 5 heteroatoms. The van der Waals surface area contributed by atoms with Crippen LogP contribution in [0.5, 0.6) is 5.75 Å². The van der Waals surface area contributed by atoms with Gasteiger partial charge in [0.2, 0.25) is 0 Å². The Hall–Kier alpha value is -2.66. The Morgan fingerprint density at radius 3 is 2.61 bits per heavy atom. The zero-order chi connectivity index (χ0) is 15.9. The monoisotopic (exact) mass is 311 g/mol. The van der Waals surface area contributed by atoms with Crippen molar-refractivity contribution in [3.8, 4) is 17.0 Å². The van der Waals surface area contributed by atoms with E-state index in [-0.39, 0.29) is 5.82 Å². The predicted octanol–water partition coefficient (Wildman–Crippen LogP) is 3.38. The molecular formula is C18H18FN3O. The van der Waals surface area contributed by atoms with E-state index in [9.17, 15) is 4.39 Å². The summed E-state index contributed by atoms with van der Waals surface area (Å²) in [6.45, 7) is 1.98. The van der Waals surface area contributed by atoms with Crippen LogP contribution in [-0.4, -0.2) is 23.3 Å². The Morgan fingerprint density at radius 1 is 1.04 bits per heavy atom. The summed E-state index contributed by atoms with van der Waals surface area (Å²) in [5.74, 6) is 0.621. The van der Waals surface area contributed by atoms with Crippen molar-refractivity contribution in [3.63, 3.8) is 0 Å². The van der Waals surface area contributed by atoms with Crippen molar-refractivity contribution in [3.05, 3.63) is 72.2 Å². The molecule has 3 rings (SSSR count). The maximum Gasteiger partial charge on any atom is 0.123 e. The standard InChI is InChI=1S/C18H18FN3O/c19-16-8-6-14(7-9-16)18-15(13-21-22-18)12-20-10-11-23-17-4-2-1-3-5-17/h1-9,13,20H,10-12H2,(H,21,22). The molecule has 4 nitrogen and oxygen atoms in total. The Morgan fingerprint density at radius 2 is 1.83 bits per heavy atom. The zero-order valence-electron chi connectivity index (χ0n) is 12.6. The largest absolute Gasteiger partial charge is 0.492 e. The summed E-state index contributed by atoms with van der Waals surface area (Å²) in [5.41, 5.74) is 2.86. The van der Waals surface area contributed by atoms with E-state index < -0.39 is 0 Å². The molecule has 0 fully saturated rings. The number of halogens is 1. The molecule has 2 N–H and O–H groups in total. The normalized spacial score (nSPS) is 10.7. The van der Waals surface area contributed by atoms with E-state index in [4.69, 9.17) is 4.74 Å². The van der Waals surface area contributed by atoms with Crippen LogP contribution in [0.15, 0.2) is 60.8 Å². The van der Waals surface area contributed by atoms with Gasteiger partial charge in [-0.05, 0) is 36.4 Å². The first kappa shape index (κ1) is 15.2. The van der Waals surface area contributed by atoms with Crippen LogP contribution < -0.4 is 10.1 Å². The van der Waals surface area contributed by atoms with Gasteiger partial charge < -0.3 is 10.1 Å². The lowest BCUT2D eigenvalue weighted by Crippen LogP contribution is -2.20. The van der Waals surface area contributed by atoms with E-state index in [1.807, 2.05) is 30.3 Å². The Kier molecular flexibility index (Phi) is 5.01. The van der Waals surface area contributed by atoms with Gasteiger partial charge in [-0.15, -0.1) is 0 Å². The molecule has 3 aromatic rings. The molecule has 0 saturated heterocycles. The third-order valence-electron chi connectivity index (χ3n) is 3.46. The summed E-state index contributed by atoms with van der Waals surface area (Å²) >= 11 is 0. The number of ether oxygens (including phenoxy) is 1. The third-order valence-corrected chi connectivity index (χ3v) is 3.46. The summed E-state index contributed by atoms with van der Waals surface area (Å²) < 4.78 is 18.6. The number of H-pyrrole nitrogens is 1. The minimum absolute atomic E-state index is 0.244. The molecule has 0 bridgehead atoms. The van der Waals surface area contributed by atoms with Gasteiger partial charge >= 0.3 is 0 Å². The number of aromatic amines is 1. The number of aromatic nitrogens is 2. The van der Waals surface area contributed by atoms with Gasteiger partial charge in [-0.25, -0.2) is 4.39 Å². The molecular weight excluding hydrogens is 293 g/mol. The van der Waals surface area contributed by atoms with E-state index >= 15 is 0 Å². The van der Waals surface area contributed by atoms with Crippen LogP contribution in [0.2, 0.25) is 0 Å². The maximum absolute atomic E-state index is 13.0. The number of rotatable bonds is 7. The van der Waals surface area contributed by atoms with Gasteiger partial charge in [-0.2, -0.15) is 5.10 Å². The van der Waals surface area contributed by atoms with E-state index in [2.05, 4.69) is 15.5 Å². The summed E-state index contributed by atoms with van der Waals surface area (Å²) in [6.07, 6.45) is 1.78. The lowest BCUT2D eigenvalue weighted by molar-refractivity contribution is 0.313.